The molecule has 0 saturated heterocycles. The van der Waals surface area contributed by atoms with Crippen molar-refractivity contribution in [3.8, 4) is 0 Å². The van der Waals surface area contributed by atoms with Gasteiger partial charge in [0, 0.05) is 21.7 Å². The lowest BCUT2D eigenvalue weighted by Gasteiger charge is -2.22. The van der Waals surface area contributed by atoms with E-state index in [2.05, 4.69) is 80.3 Å². The minimum atomic E-state index is 0.795. The van der Waals surface area contributed by atoms with Crippen LogP contribution < -0.4 is 9.80 Å². The Bertz CT molecular complexity index is 864. The zero-order chi connectivity index (χ0) is 16.5. The Kier molecular flexibility index (Phi) is 4.21. The van der Waals surface area contributed by atoms with E-state index in [9.17, 15) is 0 Å². The lowest BCUT2D eigenvalue weighted by Crippen LogP contribution is -2.27. The van der Waals surface area contributed by atoms with E-state index in [4.69, 9.17) is 11.6 Å². The monoisotopic (exact) mass is 398 g/mol. The first-order valence-electron chi connectivity index (χ1n) is 7.83. The molecule has 24 heavy (non-hydrogen) atoms. The van der Waals surface area contributed by atoms with Crippen LogP contribution in [-0.2, 0) is 6.54 Å². The second-order valence-corrected chi connectivity index (χ2v) is 7.15. The predicted molar refractivity (Wildman–Crippen MR) is 105 cm³/mol. The van der Waals surface area contributed by atoms with Gasteiger partial charge in [-0.25, -0.2) is 0 Å². The summed E-state index contributed by atoms with van der Waals surface area (Å²) in [6.45, 7) is 1.61. The van der Waals surface area contributed by atoms with E-state index in [1.807, 2.05) is 18.2 Å². The maximum Gasteiger partial charge on any atom is 0.0956 e. The molecule has 0 fully saturated rings. The molecular formula is C20H16BrClN2. The normalized spacial score (nSPS) is 13.2. The molecule has 1 aliphatic heterocycles. The van der Waals surface area contributed by atoms with Gasteiger partial charge >= 0.3 is 0 Å². The number of para-hydroxylation sites is 2. The fourth-order valence-corrected chi connectivity index (χ4v) is 3.55. The number of rotatable bonds is 3. The average molecular weight is 400 g/mol. The standard InChI is InChI=1S/C20H16BrClN2/c21-16-9-11-17(12-10-16)24-14-23(19-7-3-4-8-20(19)24)13-15-5-1-2-6-18(15)22/h1-12H,13-14H2. The molecule has 1 aliphatic rings. The highest BCUT2D eigenvalue weighted by molar-refractivity contribution is 9.10. The SMILES string of the molecule is Clc1ccccc1CN1CN(c2ccc(Br)cc2)c2ccccc21. The maximum absolute atomic E-state index is 6.36. The molecule has 0 atom stereocenters. The van der Waals surface area contributed by atoms with Crippen LogP contribution in [0.5, 0.6) is 0 Å². The van der Waals surface area contributed by atoms with Crippen molar-refractivity contribution in [2.75, 3.05) is 16.5 Å². The van der Waals surface area contributed by atoms with Crippen LogP contribution >= 0.6 is 27.5 Å². The molecule has 0 bridgehead atoms. The molecule has 4 rings (SSSR count). The van der Waals surface area contributed by atoms with E-state index in [0.717, 1.165) is 28.3 Å². The second-order valence-electron chi connectivity index (χ2n) is 5.82. The van der Waals surface area contributed by atoms with Gasteiger partial charge in [0.25, 0.3) is 0 Å². The van der Waals surface area contributed by atoms with Crippen molar-refractivity contribution in [2.24, 2.45) is 0 Å². The van der Waals surface area contributed by atoms with E-state index >= 15 is 0 Å². The first kappa shape index (κ1) is 15.6. The van der Waals surface area contributed by atoms with Gasteiger partial charge in [-0.15, -0.1) is 0 Å². The summed E-state index contributed by atoms with van der Waals surface area (Å²) in [5.41, 5.74) is 4.80. The number of fused-ring (bicyclic) bond motifs is 1. The molecule has 120 valence electrons. The first-order valence-corrected chi connectivity index (χ1v) is 9.00. The van der Waals surface area contributed by atoms with Crippen molar-refractivity contribution in [1.29, 1.82) is 0 Å². The highest BCUT2D eigenvalue weighted by atomic mass is 79.9. The van der Waals surface area contributed by atoms with Gasteiger partial charge in [-0.05, 0) is 48.0 Å². The molecule has 0 radical (unpaired) electrons. The average Bonchev–Trinajstić information content (AvgIpc) is 2.97. The van der Waals surface area contributed by atoms with Crippen LogP contribution in [0.25, 0.3) is 0 Å². The summed E-state index contributed by atoms with van der Waals surface area (Å²) in [5.74, 6) is 0. The van der Waals surface area contributed by atoms with E-state index < -0.39 is 0 Å². The van der Waals surface area contributed by atoms with Crippen LogP contribution in [0, 0.1) is 0 Å². The Morgan fingerprint density at radius 1 is 0.833 bits per heavy atom. The van der Waals surface area contributed by atoms with Crippen LogP contribution in [0.3, 0.4) is 0 Å². The number of hydrogen-bond acceptors (Lipinski definition) is 2. The van der Waals surface area contributed by atoms with Crippen molar-refractivity contribution in [1.82, 2.24) is 0 Å². The predicted octanol–water partition coefficient (Wildman–Crippen LogP) is 6.22. The van der Waals surface area contributed by atoms with Crippen LogP contribution in [0.2, 0.25) is 5.02 Å². The van der Waals surface area contributed by atoms with E-state index in [1.54, 1.807) is 0 Å². The van der Waals surface area contributed by atoms with Crippen molar-refractivity contribution in [2.45, 2.75) is 6.54 Å². The molecule has 0 unspecified atom stereocenters. The van der Waals surface area contributed by atoms with Crippen LogP contribution in [0.15, 0.2) is 77.3 Å². The van der Waals surface area contributed by atoms with Crippen LogP contribution in [0.4, 0.5) is 17.1 Å². The minimum absolute atomic E-state index is 0.795. The summed E-state index contributed by atoms with van der Waals surface area (Å²) < 4.78 is 1.09. The Balaban J connectivity index is 1.68. The van der Waals surface area contributed by atoms with Gasteiger partial charge in [-0.2, -0.15) is 0 Å². The molecule has 1 heterocycles. The summed E-state index contributed by atoms with van der Waals surface area (Å²) in [7, 11) is 0. The van der Waals surface area contributed by atoms with Gasteiger partial charge < -0.3 is 9.80 Å². The van der Waals surface area contributed by atoms with Crippen molar-refractivity contribution < 1.29 is 0 Å². The highest BCUT2D eigenvalue weighted by Crippen LogP contribution is 2.41. The first-order chi connectivity index (χ1) is 11.7. The zero-order valence-corrected chi connectivity index (χ0v) is 15.3. The van der Waals surface area contributed by atoms with E-state index in [-0.39, 0.29) is 0 Å². The minimum Gasteiger partial charge on any atom is -0.347 e. The summed E-state index contributed by atoms with van der Waals surface area (Å²) in [4.78, 5) is 4.69. The third kappa shape index (κ3) is 2.90. The molecule has 4 heteroatoms. The third-order valence-electron chi connectivity index (χ3n) is 4.28. The third-order valence-corrected chi connectivity index (χ3v) is 5.18. The maximum atomic E-state index is 6.36. The molecule has 0 saturated carbocycles. The van der Waals surface area contributed by atoms with Gasteiger partial charge in [0.05, 0.1) is 18.0 Å². The Morgan fingerprint density at radius 2 is 1.50 bits per heavy atom. The fourth-order valence-electron chi connectivity index (χ4n) is 3.09. The fraction of sp³-hybridized carbons (Fsp3) is 0.100. The zero-order valence-electron chi connectivity index (χ0n) is 13.0. The molecule has 3 aromatic rings. The number of nitrogens with zero attached hydrogens (tertiary/aromatic N) is 2. The van der Waals surface area contributed by atoms with Crippen molar-refractivity contribution in [3.05, 3.63) is 87.9 Å². The lowest BCUT2D eigenvalue weighted by atomic mass is 10.2. The Morgan fingerprint density at radius 3 is 2.25 bits per heavy atom. The quantitative estimate of drug-likeness (QED) is 0.516. The van der Waals surface area contributed by atoms with Crippen molar-refractivity contribution in [3.63, 3.8) is 0 Å². The molecule has 0 aliphatic carbocycles. The van der Waals surface area contributed by atoms with Gasteiger partial charge in [-0.1, -0.05) is 57.9 Å². The molecule has 2 nitrogen and oxygen atoms in total. The Labute approximate surface area is 155 Å². The van der Waals surface area contributed by atoms with Gasteiger partial charge in [0.2, 0.25) is 0 Å². The molecule has 3 aromatic carbocycles. The van der Waals surface area contributed by atoms with E-state index in [1.165, 1.54) is 17.1 Å². The molecule has 0 aromatic heterocycles. The second kappa shape index (κ2) is 6.50. The molecule has 0 spiro atoms. The number of anilines is 3. The summed E-state index contributed by atoms with van der Waals surface area (Å²) in [5, 5.41) is 0.817. The Hall–Kier alpha value is -1.97. The summed E-state index contributed by atoms with van der Waals surface area (Å²) in [6.07, 6.45) is 0. The van der Waals surface area contributed by atoms with Gasteiger partial charge in [0.1, 0.15) is 0 Å². The topological polar surface area (TPSA) is 6.48 Å². The number of hydrogen-bond donors (Lipinski definition) is 0. The van der Waals surface area contributed by atoms with E-state index in [0.29, 0.717) is 0 Å². The highest BCUT2D eigenvalue weighted by Gasteiger charge is 2.26. The number of benzene rings is 3. The smallest absolute Gasteiger partial charge is 0.0956 e. The van der Waals surface area contributed by atoms with Gasteiger partial charge in [-0.3, -0.25) is 0 Å². The summed E-state index contributed by atoms with van der Waals surface area (Å²) >= 11 is 9.86. The van der Waals surface area contributed by atoms with Crippen molar-refractivity contribution >= 4 is 44.6 Å². The molecule has 0 N–H and O–H groups in total. The number of halogens is 2. The largest absolute Gasteiger partial charge is 0.347 e. The van der Waals surface area contributed by atoms with Crippen LogP contribution in [0.1, 0.15) is 5.56 Å². The van der Waals surface area contributed by atoms with Gasteiger partial charge in [0.15, 0.2) is 0 Å². The molecule has 0 amide bonds. The molecular weight excluding hydrogens is 384 g/mol. The lowest BCUT2D eigenvalue weighted by molar-refractivity contribution is 0.833. The van der Waals surface area contributed by atoms with Crippen LogP contribution in [-0.4, -0.2) is 6.67 Å². The summed E-state index contributed by atoms with van der Waals surface area (Å²) in [6, 6.07) is 25.0.